The summed E-state index contributed by atoms with van der Waals surface area (Å²) in [6.45, 7) is 4.81. The van der Waals surface area contributed by atoms with Crippen LogP contribution >= 0.6 is 0 Å². The molecule has 0 radical (unpaired) electrons. The fourth-order valence-corrected chi connectivity index (χ4v) is 8.01. The van der Waals surface area contributed by atoms with Gasteiger partial charge in [0, 0.05) is 12.8 Å². The van der Waals surface area contributed by atoms with E-state index in [-0.39, 0.29) is 18.5 Å². The minimum Gasteiger partial charge on any atom is -0.466 e. The number of unbranched alkanes of at least 4 members (excludes halogenated alkanes) is 31. The lowest BCUT2D eigenvalue weighted by Gasteiger charge is -2.19. The number of amides is 1. The minimum absolute atomic E-state index is 0.0270. The quantitative estimate of drug-likeness (QED) is 0.0321. The van der Waals surface area contributed by atoms with Crippen LogP contribution in [-0.4, -0.2) is 47.4 Å². The predicted octanol–water partition coefficient (Wildman–Crippen LogP) is 16.8. The first-order chi connectivity index (χ1) is 31.5. The van der Waals surface area contributed by atoms with Gasteiger partial charge in [0.2, 0.25) is 5.91 Å². The monoisotopic (exact) mass is 896 g/mol. The maximum absolute atomic E-state index is 12.4. The van der Waals surface area contributed by atoms with E-state index < -0.39 is 12.1 Å². The van der Waals surface area contributed by atoms with Crippen molar-refractivity contribution in [3.63, 3.8) is 0 Å². The minimum atomic E-state index is -0.881. The molecular formula is C58H105NO5. The zero-order valence-electron chi connectivity index (χ0n) is 42.2. The molecule has 0 heterocycles. The van der Waals surface area contributed by atoms with Crippen LogP contribution in [0.3, 0.4) is 0 Å². The van der Waals surface area contributed by atoms with E-state index in [0.717, 1.165) is 57.8 Å². The van der Waals surface area contributed by atoms with Crippen molar-refractivity contribution < 1.29 is 24.5 Å². The summed E-state index contributed by atoms with van der Waals surface area (Å²) in [6, 6.07) is -0.674. The molecule has 0 spiro atoms. The van der Waals surface area contributed by atoms with Crippen molar-refractivity contribution in [3.8, 4) is 0 Å². The molecule has 0 aliphatic rings. The molecule has 0 aromatic carbocycles. The van der Waals surface area contributed by atoms with Gasteiger partial charge in [-0.2, -0.15) is 0 Å². The molecule has 6 heteroatoms. The van der Waals surface area contributed by atoms with Crippen LogP contribution in [0.5, 0.6) is 0 Å². The topological polar surface area (TPSA) is 95.9 Å². The number of carbonyl (C=O) groups is 2. The van der Waals surface area contributed by atoms with Crippen LogP contribution in [0.1, 0.15) is 271 Å². The summed E-state index contributed by atoms with van der Waals surface area (Å²) in [5.74, 6) is -0.176. The van der Waals surface area contributed by atoms with Crippen molar-refractivity contribution in [2.45, 2.75) is 283 Å². The molecule has 0 aromatic rings. The van der Waals surface area contributed by atoms with Gasteiger partial charge in [0.05, 0.1) is 25.4 Å². The summed E-state index contributed by atoms with van der Waals surface area (Å²) >= 11 is 0. The highest BCUT2D eigenvalue weighted by molar-refractivity contribution is 5.76. The predicted molar refractivity (Wildman–Crippen MR) is 278 cm³/mol. The zero-order chi connectivity index (χ0) is 46.5. The number of hydrogen-bond donors (Lipinski definition) is 3. The molecule has 0 bridgehead atoms. The number of allylic oxidation sites excluding steroid dienone is 9. The van der Waals surface area contributed by atoms with Gasteiger partial charge in [-0.1, -0.05) is 235 Å². The van der Waals surface area contributed by atoms with Crippen molar-refractivity contribution in [1.82, 2.24) is 5.32 Å². The number of hydrogen-bond acceptors (Lipinski definition) is 5. The highest BCUT2D eigenvalue weighted by Crippen LogP contribution is 2.15. The fraction of sp³-hybridized carbons (Fsp3) is 0.793. The lowest BCUT2D eigenvalue weighted by Crippen LogP contribution is -2.45. The van der Waals surface area contributed by atoms with Crippen LogP contribution in [0, 0.1) is 0 Å². The number of aliphatic hydroxyl groups is 2. The number of ether oxygens (including phenoxy) is 1. The van der Waals surface area contributed by atoms with E-state index >= 15 is 0 Å². The summed E-state index contributed by atoms with van der Waals surface area (Å²) in [5, 5.41) is 23.0. The average Bonchev–Trinajstić information content (AvgIpc) is 3.29. The number of esters is 1. The van der Waals surface area contributed by atoms with Gasteiger partial charge >= 0.3 is 5.97 Å². The smallest absolute Gasteiger partial charge is 0.305 e. The molecule has 6 nitrogen and oxygen atoms in total. The second-order valence-electron chi connectivity index (χ2n) is 18.5. The van der Waals surface area contributed by atoms with Gasteiger partial charge in [-0.15, -0.1) is 0 Å². The molecule has 0 fully saturated rings. The maximum Gasteiger partial charge on any atom is 0.305 e. The largest absolute Gasteiger partial charge is 0.466 e. The van der Waals surface area contributed by atoms with Crippen molar-refractivity contribution in [3.05, 3.63) is 60.8 Å². The lowest BCUT2D eigenvalue weighted by atomic mass is 10.0. The summed E-state index contributed by atoms with van der Waals surface area (Å²) in [4.78, 5) is 24.5. The molecule has 0 aliphatic heterocycles. The van der Waals surface area contributed by atoms with Crippen molar-refractivity contribution >= 4 is 11.9 Å². The van der Waals surface area contributed by atoms with E-state index in [9.17, 15) is 19.8 Å². The van der Waals surface area contributed by atoms with Gasteiger partial charge in [0.1, 0.15) is 0 Å². The van der Waals surface area contributed by atoms with E-state index in [1.54, 1.807) is 6.08 Å². The Kier molecular flexibility index (Phi) is 51.2. The molecule has 3 N–H and O–H groups in total. The molecule has 2 unspecified atom stereocenters. The second-order valence-corrected chi connectivity index (χ2v) is 18.5. The third kappa shape index (κ3) is 49.0. The van der Waals surface area contributed by atoms with Crippen LogP contribution < -0.4 is 5.32 Å². The van der Waals surface area contributed by atoms with E-state index in [2.05, 4.69) is 61.7 Å². The first-order valence-corrected chi connectivity index (χ1v) is 27.6. The van der Waals surface area contributed by atoms with Gasteiger partial charge in [-0.25, -0.2) is 0 Å². The van der Waals surface area contributed by atoms with Crippen LogP contribution in [0.25, 0.3) is 0 Å². The molecule has 1 amide bonds. The second kappa shape index (κ2) is 53.2. The molecule has 0 saturated heterocycles. The lowest BCUT2D eigenvalue weighted by molar-refractivity contribution is -0.143. The SMILES string of the molecule is CCCCC/C=C\C/C=C\CCCCCCCCCC(=O)OCCCCCCCC/C=C\C/C=C\CCC(=O)NC(CO)C(O)/C=C/CCCCCCCCCCCCCCCCC. The van der Waals surface area contributed by atoms with Crippen molar-refractivity contribution in [2.75, 3.05) is 13.2 Å². The van der Waals surface area contributed by atoms with Gasteiger partial charge in [0.25, 0.3) is 0 Å². The summed E-state index contributed by atoms with van der Waals surface area (Å²) < 4.78 is 5.46. The number of carbonyl (C=O) groups excluding carboxylic acids is 2. The van der Waals surface area contributed by atoms with Gasteiger partial charge in [0.15, 0.2) is 0 Å². The van der Waals surface area contributed by atoms with E-state index in [0.29, 0.717) is 25.9 Å². The van der Waals surface area contributed by atoms with Crippen LogP contribution in [0.2, 0.25) is 0 Å². The van der Waals surface area contributed by atoms with Gasteiger partial charge < -0.3 is 20.3 Å². The fourth-order valence-electron chi connectivity index (χ4n) is 8.01. The van der Waals surface area contributed by atoms with Gasteiger partial charge in [-0.3, -0.25) is 9.59 Å². The Morgan fingerprint density at radius 3 is 1.25 bits per heavy atom. The van der Waals surface area contributed by atoms with Crippen LogP contribution in [0.4, 0.5) is 0 Å². The number of rotatable bonds is 50. The molecular weight excluding hydrogens is 791 g/mol. The van der Waals surface area contributed by atoms with E-state index in [1.165, 1.54) is 180 Å². The first-order valence-electron chi connectivity index (χ1n) is 27.6. The first kappa shape index (κ1) is 61.6. The standard InChI is InChI=1S/C58H105NO5/c1-3-5-7-9-11-13-15-17-19-21-23-26-30-34-38-42-46-50-56(61)55(54-60)59-57(62)51-47-43-39-35-31-27-25-29-33-37-41-45-49-53-64-58(63)52-48-44-40-36-32-28-24-22-20-18-16-14-12-10-8-6-4-2/h12,14,18,20,27,31,39,43,46,50,55-56,60-61H,3-11,13,15-17,19,21-26,28-30,32-38,40-42,44-45,47-49,51-54H2,1-2H3,(H,59,62)/b14-12-,20-18-,31-27-,43-39-,50-46+. The molecule has 64 heavy (non-hydrogen) atoms. The highest BCUT2D eigenvalue weighted by atomic mass is 16.5. The van der Waals surface area contributed by atoms with E-state index in [4.69, 9.17) is 4.74 Å². The molecule has 0 aliphatic carbocycles. The Morgan fingerprint density at radius 1 is 0.438 bits per heavy atom. The molecule has 0 rings (SSSR count). The third-order valence-electron chi connectivity index (χ3n) is 12.3. The number of nitrogens with one attached hydrogen (secondary N) is 1. The van der Waals surface area contributed by atoms with Crippen molar-refractivity contribution in [1.29, 1.82) is 0 Å². The van der Waals surface area contributed by atoms with Crippen molar-refractivity contribution in [2.24, 2.45) is 0 Å². The average molecular weight is 896 g/mol. The summed E-state index contributed by atoms with van der Waals surface area (Å²) in [6.07, 6.45) is 68.1. The Morgan fingerprint density at radius 2 is 0.797 bits per heavy atom. The molecule has 0 saturated carbocycles. The Balaban J connectivity index is 3.59. The maximum atomic E-state index is 12.4. The Hall–Kier alpha value is -2.44. The molecule has 2 atom stereocenters. The van der Waals surface area contributed by atoms with E-state index in [1.807, 2.05) is 12.2 Å². The summed E-state index contributed by atoms with van der Waals surface area (Å²) in [7, 11) is 0. The normalized spacial score (nSPS) is 13.1. The third-order valence-corrected chi connectivity index (χ3v) is 12.3. The van der Waals surface area contributed by atoms with Crippen LogP contribution in [-0.2, 0) is 14.3 Å². The highest BCUT2D eigenvalue weighted by Gasteiger charge is 2.17. The Bertz CT molecular complexity index is 1130. The van der Waals surface area contributed by atoms with Crippen LogP contribution in [0.15, 0.2) is 60.8 Å². The molecule has 0 aromatic heterocycles. The van der Waals surface area contributed by atoms with Gasteiger partial charge in [-0.05, 0) is 83.5 Å². The Labute approximate surface area is 397 Å². The number of aliphatic hydroxyl groups excluding tert-OH is 2. The zero-order valence-corrected chi connectivity index (χ0v) is 42.2. The summed E-state index contributed by atoms with van der Waals surface area (Å²) in [5.41, 5.74) is 0. The molecule has 372 valence electrons.